The first-order valence-electron chi connectivity index (χ1n) is 7.34. The Bertz CT molecular complexity index is 237. The normalized spacial score (nSPS) is 17.4. The van der Waals surface area contributed by atoms with E-state index in [9.17, 15) is 4.79 Å². The summed E-state index contributed by atoms with van der Waals surface area (Å²) in [4.78, 5) is 14.0. The van der Waals surface area contributed by atoms with E-state index in [1.54, 1.807) is 0 Å². The molecule has 4 heteroatoms. The maximum atomic E-state index is 11.7. The summed E-state index contributed by atoms with van der Waals surface area (Å²) in [7, 11) is 0. The number of hydrogen-bond acceptors (Lipinski definition) is 3. The van der Waals surface area contributed by atoms with Crippen LogP contribution in [0.25, 0.3) is 0 Å². The molecule has 1 aliphatic rings. The zero-order chi connectivity index (χ0) is 13.4. The van der Waals surface area contributed by atoms with Crippen LogP contribution in [0.4, 0.5) is 0 Å². The minimum Gasteiger partial charge on any atom is -0.353 e. The molecule has 2 N–H and O–H groups in total. The predicted molar refractivity (Wildman–Crippen MR) is 75.6 cm³/mol. The number of hydrogen-bond donors (Lipinski definition) is 2. The van der Waals surface area contributed by atoms with Crippen LogP contribution in [0.3, 0.4) is 0 Å². The molecule has 0 unspecified atom stereocenters. The van der Waals surface area contributed by atoms with E-state index in [4.69, 9.17) is 0 Å². The summed E-state index contributed by atoms with van der Waals surface area (Å²) < 4.78 is 0. The lowest BCUT2D eigenvalue weighted by molar-refractivity contribution is -0.122. The van der Waals surface area contributed by atoms with Crippen LogP contribution < -0.4 is 10.6 Å². The average Bonchev–Trinajstić information content (AvgIpc) is 2.34. The molecule has 18 heavy (non-hydrogen) atoms. The lowest BCUT2D eigenvalue weighted by atomic mass is 9.94. The zero-order valence-electron chi connectivity index (χ0n) is 12.2. The molecule has 4 nitrogen and oxygen atoms in total. The van der Waals surface area contributed by atoms with Crippen molar-refractivity contribution in [2.75, 3.05) is 32.7 Å². The fraction of sp³-hybridized carbons (Fsp3) is 0.929. The summed E-state index contributed by atoms with van der Waals surface area (Å²) in [5.41, 5.74) is 0. The minimum atomic E-state index is 0.150. The maximum Gasteiger partial charge on any atom is 0.234 e. The van der Waals surface area contributed by atoms with Crippen LogP contribution in [0.5, 0.6) is 0 Å². The first-order valence-corrected chi connectivity index (χ1v) is 7.34. The molecule has 0 atom stereocenters. The average molecular weight is 255 g/mol. The highest BCUT2D eigenvalue weighted by Crippen LogP contribution is 2.16. The lowest BCUT2D eigenvalue weighted by Gasteiger charge is -2.26. The van der Waals surface area contributed by atoms with Crippen LogP contribution >= 0.6 is 0 Å². The summed E-state index contributed by atoms with van der Waals surface area (Å²) in [6.07, 6.45) is 3.80. The highest BCUT2D eigenvalue weighted by molar-refractivity contribution is 5.78. The molecule has 0 bridgehead atoms. The number of piperidine rings is 1. The van der Waals surface area contributed by atoms with Crippen molar-refractivity contribution in [3.8, 4) is 0 Å². The van der Waals surface area contributed by atoms with Crippen molar-refractivity contribution < 1.29 is 4.79 Å². The molecule has 1 amide bonds. The molecule has 0 spiro atoms. The molecular weight excluding hydrogens is 226 g/mol. The molecule has 0 aromatic heterocycles. The van der Waals surface area contributed by atoms with Gasteiger partial charge in [0, 0.05) is 6.04 Å². The quantitative estimate of drug-likeness (QED) is 0.719. The first-order chi connectivity index (χ1) is 8.61. The molecule has 0 aromatic rings. The monoisotopic (exact) mass is 255 g/mol. The summed E-state index contributed by atoms with van der Waals surface area (Å²) in [5.74, 6) is 0.991. The number of carbonyl (C=O) groups is 1. The SMILES string of the molecule is CCN(CCC1CCNCC1)CC(=O)NC(C)C. The number of likely N-dealkylation sites (N-methyl/N-ethyl adjacent to an activating group) is 1. The largest absolute Gasteiger partial charge is 0.353 e. The molecule has 1 aliphatic heterocycles. The second kappa shape index (κ2) is 8.48. The van der Waals surface area contributed by atoms with Gasteiger partial charge in [0.2, 0.25) is 5.91 Å². The van der Waals surface area contributed by atoms with Crippen molar-refractivity contribution in [1.82, 2.24) is 15.5 Å². The summed E-state index contributed by atoms with van der Waals surface area (Å²) in [6, 6.07) is 0.237. The molecule has 0 radical (unpaired) electrons. The fourth-order valence-corrected chi connectivity index (χ4v) is 2.46. The van der Waals surface area contributed by atoms with Crippen molar-refractivity contribution in [1.29, 1.82) is 0 Å². The van der Waals surface area contributed by atoms with Gasteiger partial charge >= 0.3 is 0 Å². The number of carbonyl (C=O) groups excluding carboxylic acids is 1. The number of amides is 1. The summed E-state index contributed by atoms with van der Waals surface area (Å²) in [5, 5.41) is 6.35. The van der Waals surface area contributed by atoms with E-state index in [0.717, 1.165) is 32.1 Å². The van der Waals surface area contributed by atoms with E-state index < -0.39 is 0 Å². The van der Waals surface area contributed by atoms with Crippen LogP contribution in [-0.2, 0) is 4.79 Å². The number of rotatable bonds is 7. The molecular formula is C14H29N3O. The maximum absolute atomic E-state index is 11.7. The van der Waals surface area contributed by atoms with Gasteiger partial charge in [0.15, 0.2) is 0 Å². The van der Waals surface area contributed by atoms with Gasteiger partial charge in [0.1, 0.15) is 0 Å². The Balaban J connectivity index is 2.21. The van der Waals surface area contributed by atoms with Crippen LogP contribution in [0.15, 0.2) is 0 Å². The van der Waals surface area contributed by atoms with E-state index in [1.807, 2.05) is 13.8 Å². The van der Waals surface area contributed by atoms with Gasteiger partial charge in [-0.25, -0.2) is 0 Å². The van der Waals surface area contributed by atoms with Crippen LogP contribution in [-0.4, -0.2) is 49.6 Å². The van der Waals surface area contributed by atoms with E-state index in [2.05, 4.69) is 22.5 Å². The standard InChI is InChI=1S/C14H29N3O/c1-4-17(11-14(18)16-12(2)3)10-7-13-5-8-15-9-6-13/h12-13,15H,4-11H2,1-3H3,(H,16,18). The number of nitrogens with one attached hydrogen (secondary N) is 2. The van der Waals surface area contributed by atoms with E-state index in [-0.39, 0.29) is 11.9 Å². The zero-order valence-corrected chi connectivity index (χ0v) is 12.2. The van der Waals surface area contributed by atoms with Crippen LogP contribution in [0, 0.1) is 5.92 Å². The van der Waals surface area contributed by atoms with Gasteiger partial charge in [-0.3, -0.25) is 9.69 Å². The summed E-state index contributed by atoms with van der Waals surface area (Å²) >= 11 is 0. The van der Waals surface area contributed by atoms with Crippen LogP contribution in [0.1, 0.15) is 40.0 Å². The highest BCUT2D eigenvalue weighted by Gasteiger charge is 2.15. The highest BCUT2D eigenvalue weighted by atomic mass is 16.2. The third-order valence-electron chi connectivity index (χ3n) is 3.58. The minimum absolute atomic E-state index is 0.150. The molecule has 0 aromatic carbocycles. The molecule has 1 saturated heterocycles. The van der Waals surface area contributed by atoms with Gasteiger partial charge in [0.05, 0.1) is 6.54 Å². The lowest BCUT2D eigenvalue weighted by Crippen LogP contribution is -2.41. The molecule has 0 saturated carbocycles. The molecule has 0 aliphatic carbocycles. The third-order valence-corrected chi connectivity index (χ3v) is 3.58. The van der Waals surface area contributed by atoms with Crippen molar-refractivity contribution >= 4 is 5.91 Å². The Morgan fingerprint density at radius 3 is 2.61 bits per heavy atom. The smallest absolute Gasteiger partial charge is 0.234 e. The Kier molecular flexibility index (Phi) is 7.28. The van der Waals surface area contributed by atoms with Crippen molar-refractivity contribution in [2.45, 2.75) is 46.1 Å². The topological polar surface area (TPSA) is 44.4 Å². The molecule has 106 valence electrons. The molecule has 1 heterocycles. The van der Waals surface area contributed by atoms with Gasteiger partial charge in [0.25, 0.3) is 0 Å². The van der Waals surface area contributed by atoms with Gasteiger partial charge in [-0.15, -0.1) is 0 Å². The summed E-state index contributed by atoms with van der Waals surface area (Å²) in [6.45, 7) is 11.0. The predicted octanol–water partition coefficient (Wildman–Crippen LogP) is 1.22. The fourth-order valence-electron chi connectivity index (χ4n) is 2.46. The van der Waals surface area contributed by atoms with E-state index in [0.29, 0.717) is 6.54 Å². The van der Waals surface area contributed by atoms with Gasteiger partial charge in [-0.1, -0.05) is 6.92 Å². The van der Waals surface area contributed by atoms with Gasteiger partial charge in [-0.05, 0) is 65.2 Å². The Morgan fingerprint density at radius 2 is 2.06 bits per heavy atom. The van der Waals surface area contributed by atoms with Gasteiger partial charge < -0.3 is 10.6 Å². The van der Waals surface area contributed by atoms with Gasteiger partial charge in [-0.2, -0.15) is 0 Å². The van der Waals surface area contributed by atoms with Crippen molar-refractivity contribution in [3.63, 3.8) is 0 Å². The van der Waals surface area contributed by atoms with Crippen molar-refractivity contribution in [2.24, 2.45) is 5.92 Å². The molecule has 1 fully saturated rings. The second-order valence-corrected chi connectivity index (χ2v) is 5.57. The molecule has 1 rings (SSSR count). The van der Waals surface area contributed by atoms with Crippen molar-refractivity contribution in [3.05, 3.63) is 0 Å². The Morgan fingerprint density at radius 1 is 1.39 bits per heavy atom. The van der Waals surface area contributed by atoms with E-state index >= 15 is 0 Å². The van der Waals surface area contributed by atoms with E-state index in [1.165, 1.54) is 19.3 Å². The Hall–Kier alpha value is -0.610. The third kappa shape index (κ3) is 6.36. The number of nitrogens with zero attached hydrogens (tertiary/aromatic N) is 1. The first kappa shape index (κ1) is 15.4. The second-order valence-electron chi connectivity index (χ2n) is 5.57. The van der Waals surface area contributed by atoms with Crippen LogP contribution in [0.2, 0.25) is 0 Å². The Labute approximate surface area is 111 Å².